The van der Waals surface area contributed by atoms with Crippen molar-refractivity contribution in [2.75, 3.05) is 13.2 Å². The van der Waals surface area contributed by atoms with Crippen molar-refractivity contribution in [3.63, 3.8) is 0 Å². The fourth-order valence-electron chi connectivity index (χ4n) is 4.00. The molecule has 8 nitrogen and oxygen atoms in total. The number of carbonyl (C=O) groups excluding carboxylic acids is 2. The molecule has 35 heavy (non-hydrogen) atoms. The SMILES string of the molecule is CCCCCCCCCCCCCCCCOC(=O)[C@@H](N)CCCCN.O=C1CC[C@@H](C(=O)O)N1. The van der Waals surface area contributed by atoms with Gasteiger partial charge in [-0.2, -0.15) is 0 Å². The average Bonchev–Trinajstić information content (AvgIpc) is 3.28. The van der Waals surface area contributed by atoms with Gasteiger partial charge in [-0.1, -0.05) is 96.8 Å². The Morgan fingerprint density at radius 3 is 1.83 bits per heavy atom. The number of carbonyl (C=O) groups is 3. The van der Waals surface area contributed by atoms with E-state index >= 15 is 0 Å². The zero-order chi connectivity index (χ0) is 26.2. The van der Waals surface area contributed by atoms with Gasteiger partial charge in [-0.15, -0.1) is 0 Å². The first-order valence-corrected chi connectivity index (χ1v) is 14.1. The van der Waals surface area contributed by atoms with E-state index in [0.717, 1.165) is 25.7 Å². The molecular formula is C27H53N3O5. The molecule has 206 valence electrons. The van der Waals surface area contributed by atoms with Gasteiger partial charge in [0, 0.05) is 6.42 Å². The van der Waals surface area contributed by atoms with Gasteiger partial charge in [-0.05, 0) is 32.2 Å². The number of amides is 1. The molecule has 1 aliphatic rings. The normalized spacial score (nSPS) is 15.7. The van der Waals surface area contributed by atoms with E-state index in [1.165, 1.54) is 77.0 Å². The number of aliphatic carboxylic acids is 1. The predicted molar refractivity (Wildman–Crippen MR) is 141 cm³/mol. The molecule has 1 aliphatic heterocycles. The van der Waals surface area contributed by atoms with Crippen LogP contribution in [-0.4, -0.2) is 48.2 Å². The molecule has 6 N–H and O–H groups in total. The van der Waals surface area contributed by atoms with Crippen molar-refractivity contribution in [1.29, 1.82) is 0 Å². The summed E-state index contributed by atoms with van der Waals surface area (Å²) < 4.78 is 5.25. The second-order valence-electron chi connectivity index (χ2n) is 9.65. The summed E-state index contributed by atoms with van der Waals surface area (Å²) in [6, 6.07) is -1.12. The number of hydrogen-bond acceptors (Lipinski definition) is 6. The minimum absolute atomic E-state index is 0.164. The molecule has 1 amide bonds. The number of hydrogen-bond donors (Lipinski definition) is 4. The fourth-order valence-corrected chi connectivity index (χ4v) is 4.00. The lowest BCUT2D eigenvalue weighted by Gasteiger charge is -2.11. The third kappa shape index (κ3) is 21.3. The molecule has 0 saturated carbocycles. The van der Waals surface area contributed by atoms with Crippen LogP contribution >= 0.6 is 0 Å². The lowest BCUT2D eigenvalue weighted by molar-refractivity contribution is -0.145. The fraction of sp³-hybridized carbons (Fsp3) is 0.889. The minimum Gasteiger partial charge on any atom is -0.480 e. The van der Waals surface area contributed by atoms with E-state index in [2.05, 4.69) is 12.2 Å². The van der Waals surface area contributed by atoms with E-state index in [-0.39, 0.29) is 11.9 Å². The second-order valence-corrected chi connectivity index (χ2v) is 9.65. The molecule has 0 spiro atoms. The second kappa shape index (κ2) is 24.0. The molecule has 8 heteroatoms. The van der Waals surface area contributed by atoms with E-state index in [1.54, 1.807) is 0 Å². The maximum atomic E-state index is 11.7. The number of unbranched alkanes of at least 4 members (excludes halogenated alkanes) is 14. The maximum absolute atomic E-state index is 11.7. The van der Waals surface area contributed by atoms with Gasteiger partial charge in [-0.3, -0.25) is 9.59 Å². The largest absolute Gasteiger partial charge is 0.480 e. The molecular weight excluding hydrogens is 446 g/mol. The van der Waals surface area contributed by atoms with E-state index in [0.29, 0.717) is 32.4 Å². The minimum atomic E-state index is -0.944. The molecule has 0 aromatic heterocycles. The summed E-state index contributed by atoms with van der Waals surface area (Å²) >= 11 is 0. The number of nitrogens with one attached hydrogen (secondary N) is 1. The Bertz CT molecular complexity index is 545. The van der Waals surface area contributed by atoms with Crippen molar-refractivity contribution in [2.45, 2.75) is 141 Å². The third-order valence-electron chi connectivity index (χ3n) is 6.31. The maximum Gasteiger partial charge on any atom is 0.326 e. The van der Waals surface area contributed by atoms with Crippen LogP contribution in [0.3, 0.4) is 0 Å². The quantitative estimate of drug-likeness (QED) is 0.131. The zero-order valence-corrected chi connectivity index (χ0v) is 22.2. The molecule has 0 bridgehead atoms. The van der Waals surface area contributed by atoms with Crippen molar-refractivity contribution >= 4 is 17.8 Å². The van der Waals surface area contributed by atoms with Crippen LogP contribution < -0.4 is 16.8 Å². The summed E-state index contributed by atoms with van der Waals surface area (Å²) in [4.78, 5) is 32.2. The van der Waals surface area contributed by atoms with Gasteiger partial charge in [0.25, 0.3) is 0 Å². The van der Waals surface area contributed by atoms with Gasteiger partial charge in [0.05, 0.1) is 6.61 Å². The van der Waals surface area contributed by atoms with E-state index in [4.69, 9.17) is 21.3 Å². The molecule has 1 saturated heterocycles. The molecule has 2 atom stereocenters. The Labute approximate surface area is 213 Å². The lowest BCUT2D eigenvalue weighted by atomic mass is 10.0. The average molecular weight is 500 g/mol. The number of carboxylic acid groups (broad SMARTS) is 1. The van der Waals surface area contributed by atoms with Gasteiger partial charge in [0.1, 0.15) is 12.1 Å². The Kier molecular flexibility index (Phi) is 22.9. The molecule has 0 unspecified atom stereocenters. The molecule has 0 radical (unpaired) electrons. The summed E-state index contributed by atoms with van der Waals surface area (Å²) in [7, 11) is 0. The van der Waals surface area contributed by atoms with Gasteiger partial charge in [0.15, 0.2) is 0 Å². The smallest absolute Gasteiger partial charge is 0.326 e. The number of nitrogens with two attached hydrogens (primary N) is 2. The van der Waals surface area contributed by atoms with Crippen LogP contribution in [0.15, 0.2) is 0 Å². The molecule has 0 aromatic rings. The Hall–Kier alpha value is -1.67. The number of ether oxygens (including phenoxy) is 1. The molecule has 1 heterocycles. The van der Waals surface area contributed by atoms with Crippen LogP contribution in [0.1, 0.15) is 129 Å². The predicted octanol–water partition coefficient (Wildman–Crippen LogP) is 4.82. The Morgan fingerprint density at radius 2 is 1.43 bits per heavy atom. The van der Waals surface area contributed by atoms with Gasteiger partial charge in [0.2, 0.25) is 5.91 Å². The van der Waals surface area contributed by atoms with E-state index < -0.39 is 18.1 Å². The van der Waals surface area contributed by atoms with Crippen molar-refractivity contribution in [3.8, 4) is 0 Å². The van der Waals surface area contributed by atoms with Crippen LogP contribution in [0.4, 0.5) is 0 Å². The highest BCUT2D eigenvalue weighted by Crippen LogP contribution is 2.13. The Balaban J connectivity index is 0.00000106. The highest BCUT2D eigenvalue weighted by molar-refractivity contribution is 5.87. The summed E-state index contributed by atoms with van der Waals surface area (Å²) in [5.74, 6) is -1.36. The van der Waals surface area contributed by atoms with Crippen LogP contribution in [0.25, 0.3) is 0 Å². The molecule has 0 aromatic carbocycles. The molecule has 1 rings (SSSR count). The first kappa shape index (κ1) is 33.3. The van der Waals surface area contributed by atoms with Crippen LogP contribution in [0.5, 0.6) is 0 Å². The highest BCUT2D eigenvalue weighted by Gasteiger charge is 2.26. The number of carboxylic acids is 1. The monoisotopic (exact) mass is 499 g/mol. The summed E-state index contributed by atoms with van der Waals surface area (Å²) in [5.41, 5.74) is 11.2. The molecule has 0 aliphatic carbocycles. The van der Waals surface area contributed by atoms with Crippen LogP contribution in [0.2, 0.25) is 0 Å². The number of esters is 1. The van der Waals surface area contributed by atoms with Gasteiger partial charge >= 0.3 is 11.9 Å². The van der Waals surface area contributed by atoms with Crippen molar-refractivity contribution < 1.29 is 24.2 Å². The summed E-state index contributed by atoms with van der Waals surface area (Å²) in [5, 5.41) is 10.6. The number of rotatable bonds is 21. The first-order valence-electron chi connectivity index (χ1n) is 14.1. The van der Waals surface area contributed by atoms with E-state index in [9.17, 15) is 14.4 Å². The van der Waals surface area contributed by atoms with Crippen LogP contribution in [-0.2, 0) is 19.1 Å². The van der Waals surface area contributed by atoms with Crippen molar-refractivity contribution in [1.82, 2.24) is 5.32 Å². The summed E-state index contributed by atoms with van der Waals surface area (Å²) in [6.45, 7) is 3.44. The zero-order valence-electron chi connectivity index (χ0n) is 22.2. The lowest BCUT2D eigenvalue weighted by Crippen LogP contribution is -2.32. The topological polar surface area (TPSA) is 145 Å². The van der Waals surface area contributed by atoms with Crippen LogP contribution in [0, 0.1) is 0 Å². The standard InChI is InChI=1S/C22H46N2O2.C5H7NO3/c1-2-3-4-5-6-7-8-9-10-11-12-13-14-17-20-26-22(25)21(24)18-15-16-19-23;7-4-2-1-3(6-4)5(8)9/h21H,2-20,23-24H2,1H3;3H,1-2H2,(H,6,7)(H,8,9)/t21-;3-/m00/s1. The van der Waals surface area contributed by atoms with Crippen molar-refractivity contribution in [2.24, 2.45) is 11.5 Å². The summed E-state index contributed by atoms with van der Waals surface area (Å²) in [6.07, 6.45) is 21.9. The first-order chi connectivity index (χ1) is 16.9. The molecule has 1 fully saturated rings. The van der Waals surface area contributed by atoms with E-state index in [1.807, 2.05) is 0 Å². The van der Waals surface area contributed by atoms with Gasteiger partial charge in [-0.25, -0.2) is 4.79 Å². The Morgan fingerprint density at radius 1 is 0.914 bits per heavy atom. The van der Waals surface area contributed by atoms with Gasteiger partial charge < -0.3 is 26.6 Å². The highest BCUT2D eigenvalue weighted by atomic mass is 16.5. The third-order valence-corrected chi connectivity index (χ3v) is 6.31. The van der Waals surface area contributed by atoms with Crippen molar-refractivity contribution in [3.05, 3.63) is 0 Å².